The third kappa shape index (κ3) is 2.78. The first-order valence-electron chi connectivity index (χ1n) is 5.98. The van der Waals surface area contributed by atoms with Crippen LogP contribution < -0.4 is 4.74 Å². The Morgan fingerprint density at radius 1 is 1.33 bits per heavy atom. The number of benzene rings is 1. The van der Waals surface area contributed by atoms with Crippen molar-refractivity contribution in [1.29, 1.82) is 0 Å². The second-order valence-electron chi connectivity index (χ2n) is 4.37. The molecule has 3 nitrogen and oxygen atoms in total. The molecule has 0 bridgehead atoms. The zero-order valence-corrected chi connectivity index (χ0v) is 10.2. The lowest BCUT2D eigenvalue weighted by molar-refractivity contribution is -0.136. The minimum atomic E-state index is -0.795. The Morgan fingerprint density at radius 3 is 2.61 bits per heavy atom. The summed E-state index contributed by atoms with van der Waals surface area (Å²) in [5.41, 5.74) is 0. The maximum absolute atomic E-state index is 13.4. The number of rotatable bonds is 3. The summed E-state index contributed by atoms with van der Waals surface area (Å²) in [5.74, 6) is -1.72. The summed E-state index contributed by atoms with van der Waals surface area (Å²) in [6, 6.07) is 3.03. The molecular weight excluding hydrogens is 240 g/mol. The minimum Gasteiger partial charge on any atom is -0.478 e. The van der Waals surface area contributed by atoms with E-state index in [2.05, 4.69) is 0 Å². The number of hydrogen-bond acceptors (Lipinski definition) is 2. The van der Waals surface area contributed by atoms with Gasteiger partial charge in [0.15, 0.2) is 17.7 Å². The van der Waals surface area contributed by atoms with Crippen LogP contribution in [0.2, 0.25) is 0 Å². The Hall–Kier alpha value is -1.65. The normalized spacial score (nSPS) is 16.7. The van der Waals surface area contributed by atoms with Crippen molar-refractivity contribution in [3.05, 3.63) is 29.8 Å². The van der Waals surface area contributed by atoms with Gasteiger partial charge < -0.3 is 9.64 Å². The zero-order valence-electron chi connectivity index (χ0n) is 10.2. The highest BCUT2D eigenvalue weighted by molar-refractivity contribution is 5.81. The van der Waals surface area contributed by atoms with Gasteiger partial charge in [-0.3, -0.25) is 4.79 Å². The molecule has 5 heteroatoms. The van der Waals surface area contributed by atoms with Crippen molar-refractivity contribution in [2.75, 3.05) is 13.1 Å². The SMILES string of the molecule is CC(Oc1ccc(F)cc1F)C(=O)N1CCCC1. The standard InChI is InChI=1S/C13H15F2NO2/c1-9(13(17)16-6-2-3-7-16)18-12-5-4-10(14)8-11(12)15/h4-5,8-9H,2-3,6-7H2,1H3. The second kappa shape index (κ2) is 5.33. The van der Waals surface area contributed by atoms with Crippen molar-refractivity contribution in [2.45, 2.75) is 25.9 Å². The van der Waals surface area contributed by atoms with E-state index >= 15 is 0 Å². The lowest BCUT2D eigenvalue weighted by Gasteiger charge is -2.21. The van der Waals surface area contributed by atoms with Crippen LogP contribution in [0.1, 0.15) is 19.8 Å². The van der Waals surface area contributed by atoms with Crippen LogP contribution in [-0.4, -0.2) is 30.0 Å². The minimum absolute atomic E-state index is 0.101. The highest BCUT2D eigenvalue weighted by Crippen LogP contribution is 2.20. The number of hydrogen-bond donors (Lipinski definition) is 0. The molecule has 98 valence electrons. The van der Waals surface area contributed by atoms with Gasteiger partial charge in [-0.2, -0.15) is 0 Å². The Kier molecular flexibility index (Phi) is 3.79. The third-order valence-electron chi connectivity index (χ3n) is 2.96. The van der Waals surface area contributed by atoms with Gasteiger partial charge in [0.2, 0.25) is 0 Å². The summed E-state index contributed by atoms with van der Waals surface area (Å²) >= 11 is 0. The van der Waals surface area contributed by atoms with Crippen molar-refractivity contribution >= 4 is 5.91 Å². The highest BCUT2D eigenvalue weighted by Gasteiger charge is 2.25. The van der Waals surface area contributed by atoms with Gasteiger partial charge in [0.05, 0.1) is 0 Å². The third-order valence-corrected chi connectivity index (χ3v) is 2.96. The van der Waals surface area contributed by atoms with Gasteiger partial charge in [-0.1, -0.05) is 0 Å². The van der Waals surface area contributed by atoms with E-state index in [0.717, 1.165) is 38.1 Å². The Bertz CT molecular complexity index is 445. The van der Waals surface area contributed by atoms with E-state index in [0.29, 0.717) is 0 Å². The van der Waals surface area contributed by atoms with Crippen LogP contribution in [0.25, 0.3) is 0 Å². The molecule has 0 radical (unpaired) electrons. The average molecular weight is 255 g/mol. The molecule has 1 aromatic rings. The topological polar surface area (TPSA) is 29.5 Å². The molecule has 1 aromatic carbocycles. The van der Waals surface area contributed by atoms with Gasteiger partial charge in [-0.05, 0) is 31.9 Å². The largest absolute Gasteiger partial charge is 0.478 e. The Morgan fingerprint density at radius 2 is 2.00 bits per heavy atom. The fraction of sp³-hybridized carbons (Fsp3) is 0.462. The van der Waals surface area contributed by atoms with Crippen LogP contribution in [0.15, 0.2) is 18.2 Å². The molecule has 1 fully saturated rings. The van der Waals surface area contributed by atoms with Crippen molar-refractivity contribution in [2.24, 2.45) is 0 Å². The van der Waals surface area contributed by atoms with Crippen molar-refractivity contribution in [3.63, 3.8) is 0 Å². The predicted octanol–water partition coefficient (Wildman–Crippen LogP) is 2.35. The van der Waals surface area contributed by atoms with Crippen LogP contribution in [0, 0.1) is 11.6 Å². The number of carbonyl (C=O) groups is 1. The van der Waals surface area contributed by atoms with E-state index in [1.807, 2.05) is 0 Å². The van der Waals surface area contributed by atoms with E-state index < -0.39 is 17.7 Å². The maximum atomic E-state index is 13.4. The number of nitrogens with zero attached hydrogens (tertiary/aromatic N) is 1. The molecule has 0 saturated carbocycles. The number of halogens is 2. The summed E-state index contributed by atoms with van der Waals surface area (Å²) in [4.78, 5) is 13.6. The van der Waals surface area contributed by atoms with Gasteiger partial charge in [-0.15, -0.1) is 0 Å². The molecule has 1 aliphatic heterocycles. The van der Waals surface area contributed by atoms with Gasteiger partial charge in [0, 0.05) is 19.2 Å². The molecule has 1 amide bonds. The smallest absolute Gasteiger partial charge is 0.263 e. The molecule has 1 unspecified atom stereocenters. The van der Waals surface area contributed by atoms with Crippen LogP contribution in [-0.2, 0) is 4.79 Å². The number of amides is 1. The number of likely N-dealkylation sites (tertiary alicyclic amines) is 1. The highest BCUT2D eigenvalue weighted by atomic mass is 19.1. The molecule has 0 aromatic heterocycles. The fourth-order valence-corrected chi connectivity index (χ4v) is 2.01. The molecule has 1 heterocycles. The molecular formula is C13H15F2NO2. The Balaban J connectivity index is 2.01. The molecule has 2 rings (SSSR count). The molecule has 0 N–H and O–H groups in total. The van der Waals surface area contributed by atoms with Gasteiger partial charge >= 0.3 is 0 Å². The molecule has 0 spiro atoms. The predicted molar refractivity (Wildman–Crippen MR) is 62.3 cm³/mol. The monoisotopic (exact) mass is 255 g/mol. The number of ether oxygens (including phenoxy) is 1. The maximum Gasteiger partial charge on any atom is 0.263 e. The zero-order chi connectivity index (χ0) is 13.1. The summed E-state index contributed by atoms with van der Waals surface area (Å²) in [6.07, 6.45) is 1.22. The first-order valence-corrected chi connectivity index (χ1v) is 5.98. The van der Waals surface area contributed by atoms with Crippen LogP contribution in [0.3, 0.4) is 0 Å². The van der Waals surface area contributed by atoms with E-state index in [9.17, 15) is 13.6 Å². The first-order chi connectivity index (χ1) is 8.58. The molecule has 18 heavy (non-hydrogen) atoms. The quantitative estimate of drug-likeness (QED) is 0.829. The fourth-order valence-electron chi connectivity index (χ4n) is 2.01. The van der Waals surface area contributed by atoms with E-state index in [-0.39, 0.29) is 11.7 Å². The van der Waals surface area contributed by atoms with Crippen LogP contribution in [0.5, 0.6) is 5.75 Å². The van der Waals surface area contributed by atoms with Crippen LogP contribution in [0.4, 0.5) is 8.78 Å². The van der Waals surface area contributed by atoms with Crippen molar-refractivity contribution < 1.29 is 18.3 Å². The van der Waals surface area contributed by atoms with E-state index in [1.54, 1.807) is 11.8 Å². The second-order valence-corrected chi connectivity index (χ2v) is 4.37. The van der Waals surface area contributed by atoms with Crippen LogP contribution >= 0.6 is 0 Å². The summed E-state index contributed by atoms with van der Waals surface area (Å²) in [5, 5.41) is 0. The van der Waals surface area contributed by atoms with E-state index in [4.69, 9.17) is 4.74 Å². The molecule has 1 atom stereocenters. The lowest BCUT2D eigenvalue weighted by atomic mass is 10.3. The van der Waals surface area contributed by atoms with Gasteiger partial charge in [0.25, 0.3) is 5.91 Å². The molecule has 1 saturated heterocycles. The van der Waals surface area contributed by atoms with Crippen molar-refractivity contribution in [3.8, 4) is 5.75 Å². The molecule has 0 aliphatic carbocycles. The van der Waals surface area contributed by atoms with Gasteiger partial charge in [0.1, 0.15) is 5.82 Å². The first kappa shape index (κ1) is 12.8. The summed E-state index contributed by atoms with van der Waals surface area (Å²) in [6.45, 7) is 3.01. The van der Waals surface area contributed by atoms with Crippen molar-refractivity contribution in [1.82, 2.24) is 4.90 Å². The summed E-state index contributed by atoms with van der Waals surface area (Å²) in [7, 11) is 0. The average Bonchev–Trinajstić information content (AvgIpc) is 2.85. The lowest BCUT2D eigenvalue weighted by Crippen LogP contribution is -2.38. The number of carbonyl (C=O) groups excluding carboxylic acids is 1. The molecule has 1 aliphatic rings. The van der Waals surface area contributed by atoms with E-state index in [1.165, 1.54) is 6.07 Å². The summed E-state index contributed by atoms with van der Waals surface area (Å²) < 4.78 is 31.3. The Labute approximate surface area is 104 Å². The van der Waals surface area contributed by atoms with Gasteiger partial charge in [-0.25, -0.2) is 8.78 Å².